The van der Waals surface area contributed by atoms with E-state index in [0.717, 1.165) is 55.3 Å². The molecule has 8 rings (SSSR count). The molecule has 0 saturated heterocycles. The molecule has 214 valence electrons. The molecule has 0 saturated carbocycles. The highest BCUT2D eigenvalue weighted by atomic mass is 15.2. The molecule has 0 spiro atoms. The Labute approximate surface area is 254 Å². The average molecular weight is 575 g/mol. The average Bonchev–Trinajstić information content (AvgIpc) is 3.57. The lowest BCUT2D eigenvalue weighted by Gasteiger charge is -2.12. The highest BCUT2D eigenvalue weighted by molar-refractivity contribution is 6.12. The molecule has 0 radical (unpaired) electrons. The fourth-order valence-electron chi connectivity index (χ4n) is 6.06. The van der Waals surface area contributed by atoms with Gasteiger partial charge < -0.3 is 9.80 Å². The predicted octanol–water partition coefficient (Wildman–Crippen LogP) is 7.26. The molecule has 4 heterocycles. The number of fused-ring (bicyclic) bond motifs is 6. The Kier molecular flexibility index (Phi) is 5.84. The van der Waals surface area contributed by atoms with Crippen LogP contribution >= 0.6 is 0 Å². The standard InChI is InChI=1S/C36H30N8/c1-41(2)25-19-37-35(38-20-25)43-31-11-7-5-9-27(31)29-17-23(13-15-33(29)43)24-14-16-34-30(18-24)28-10-6-8-12-32(28)44(34)36-39-21-26(22-40-36)42(3)4/h5-22H,1-4H3. The van der Waals surface area contributed by atoms with Crippen molar-refractivity contribution in [1.82, 2.24) is 29.1 Å². The summed E-state index contributed by atoms with van der Waals surface area (Å²) in [5, 5.41) is 4.66. The summed E-state index contributed by atoms with van der Waals surface area (Å²) in [5.41, 5.74) is 8.53. The van der Waals surface area contributed by atoms with Crippen LogP contribution in [0.5, 0.6) is 0 Å². The van der Waals surface area contributed by atoms with Crippen LogP contribution in [0, 0.1) is 0 Å². The van der Waals surface area contributed by atoms with Crippen LogP contribution in [0.1, 0.15) is 0 Å². The van der Waals surface area contributed by atoms with Gasteiger partial charge in [0.15, 0.2) is 0 Å². The quantitative estimate of drug-likeness (QED) is 0.216. The van der Waals surface area contributed by atoms with Crippen molar-refractivity contribution in [3.63, 3.8) is 0 Å². The first-order valence-electron chi connectivity index (χ1n) is 14.5. The molecule has 0 atom stereocenters. The van der Waals surface area contributed by atoms with Crippen LogP contribution in [0.15, 0.2) is 110 Å². The molecule has 0 aliphatic heterocycles. The Morgan fingerprint density at radius 2 is 0.795 bits per heavy atom. The lowest BCUT2D eigenvalue weighted by molar-refractivity contribution is 0.971. The van der Waals surface area contributed by atoms with Gasteiger partial charge in [0.2, 0.25) is 11.9 Å². The second kappa shape index (κ2) is 9.91. The molecule has 8 nitrogen and oxygen atoms in total. The molecule has 4 aromatic carbocycles. The minimum atomic E-state index is 0.657. The maximum absolute atomic E-state index is 4.72. The van der Waals surface area contributed by atoms with Gasteiger partial charge in [-0.15, -0.1) is 0 Å². The van der Waals surface area contributed by atoms with Crippen molar-refractivity contribution in [2.45, 2.75) is 0 Å². The topological polar surface area (TPSA) is 67.9 Å². The molecular formula is C36H30N8. The van der Waals surface area contributed by atoms with Crippen LogP contribution in [0.4, 0.5) is 11.4 Å². The zero-order chi connectivity index (χ0) is 29.9. The van der Waals surface area contributed by atoms with Gasteiger partial charge in [0.05, 0.1) is 58.2 Å². The zero-order valence-corrected chi connectivity index (χ0v) is 25.0. The largest absolute Gasteiger partial charge is 0.375 e. The Morgan fingerprint density at radius 3 is 1.18 bits per heavy atom. The molecule has 0 N–H and O–H groups in total. The normalized spacial score (nSPS) is 11.6. The molecule has 0 fully saturated rings. The van der Waals surface area contributed by atoms with E-state index in [9.17, 15) is 0 Å². The first-order chi connectivity index (χ1) is 21.5. The molecule has 0 aliphatic carbocycles. The van der Waals surface area contributed by atoms with E-state index in [4.69, 9.17) is 19.9 Å². The Balaban J connectivity index is 1.29. The van der Waals surface area contributed by atoms with Gasteiger partial charge in [-0.25, -0.2) is 19.9 Å². The van der Waals surface area contributed by atoms with E-state index in [0.29, 0.717) is 11.9 Å². The summed E-state index contributed by atoms with van der Waals surface area (Å²) in [7, 11) is 7.97. The maximum atomic E-state index is 4.72. The van der Waals surface area contributed by atoms with Crippen molar-refractivity contribution < 1.29 is 0 Å². The van der Waals surface area contributed by atoms with Crippen LogP contribution in [-0.2, 0) is 0 Å². The second-order valence-corrected chi connectivity index (χ2v) is 11.4. The van der Waals surface area contributed by atoms with Crippen LogP contribution < -0.4 is 9.80 Å². The van der Waals surface area contributed by atoms with E-state index in [2.05, 4.69) is 94.1 Å². The van der Waals surface area contributed by atoms with Crippen LogP contribution in [0.25, 0.3) is 66.6 Å². The molecule has 0 amide bonds. The van der Waals surface area contributed by atoms with Crippen LogP contribution in [-0.4, -0.2) is 57.3 Å². The number of rotatable bonds is 5. The van der Waals surface area contributed by atoms with Gasteiger partial charge in [-0.3, -0.25) is 9.13 Å². The van der Waals surface area contributed by atoms with Crippen molar-refractivity contribution in [1.29, 1.82) is 0 Å². The van der Waals surface area contributed by atoms with Gasteiger partial charge in [0, 0.05) is 49.7 Å². The van der Waals surface area contributed by atoms with Gasteiger partial charge in [0.25, 0.3) is 0 Å². The van der Waals surface area contributed by atoms with Gasteiger partial charge in [-0.1, -0.05) is 48.5 Å². The highest BCUT2D eigenvalue weighted by Crippen LogP contribution is 2.37. The number of anilines is 2. The van der Waals surface area contributed by atoms with E-state index in [1.165, 1.54) is 10.8 Å². The number of hydrogen-bond acceptors (Lipinski definition) is 6. The SMILES string of the molecule is CN(C)c1cnc(-n2c3ccccc3c3cc(-c4ccc5c(c4)c4ccccc4n5-c4ncc(N(C)C)cn4)ccc32)nc1. The van der Waals surface area contributed by atoms with Gasteiger partial charge in [-0.2, -0.15) is 0 Å². The summed E-state index contributed by atoms with van der Waals surface area (Å²) >= 11 is 0. The number of nitrogens with zero attached hydrogens (tertiary/aromatic N) is 8. The Morgan fingerprint density at radius 1 is 0.432 bits per heavy atom. The molecule has 0 aliphatic rings. The van der Waals surface area contributed by atoms with Gasteiger partial charge in [-0.05, 0) is 47.5 Å². The minimum Gasteiger partial charge on any atom is -0.375 e. The third kappa shape index (κ3) is 3.99. The molecule has 4 aromatic heterocycles. The molecule has 0 bridgehead atoms. The number of benzene rings is 4. The maximum Gasteiger partial charge on any atom is 0.234 e. The lowest BCUT2D eigenvalue weighted by atomic mass is 10.0. The molecule has 0 unspecified atom stereocenters. The minimum absolute atomic E-state index is 0.657. The van der Waals surface area contributed by atoms with Gasteiger partial charge >= 0.3 is 0 Å². The highest BCUT2D eigenvalue weighted by Gasteiger charge is 2.17. The van der Waals surface area contributed by atoms with Crippen LogP contribution in [0.2, 0.25) is 0 Å². The smallest absolute Gasteiger partial charge is 0.234 e. The van der Waals surface area contributed by atoms with Crippen LogP contribution in [0.3, 0.4) is 0 Å². The van der Waals surface area contributed by atoms with Crippen molar-refractivity contribution >= 4 is 55.0 Å². The van der Waals surface area contributed by atoms with Crippen molar-refractivity contribution in [3.05, 3.63) is 110 Å². The van der Waals surface area contributed by atoms with E-state index in [-0.39, 0.29) is 0 Å². The lowest BCUT2D eigenvalue weighted by Crippen LogP contribution is -2.10. The third-order valence-corrected chi connectivity index (χ3v) is 8.36. The molecular weight excluding hydrogens is 544 g/mol. The number of aromatic nitrogens is 6. The summed E-state index contributed by atoms with van der Waals surface area (Å²) in [6.07, 6.45) is 7.46. The fraction of sp³-hybridized carbons (Fsp3) is 0.111. The van der Waals surface area contributed by atoms with E-state index >= 15 is 0 Å². The number of para-hydroxylation sites is 2. The molecule has 44 heavy (non-hydrogen) atoms. The first kappa shape index (κ1) is 25.9. The van der Waals surface area contributed by atoms with Crippen molar-refractivity contribution in [2.24, 2.45) is 0 Å². The summed E-state index contributed by atoms with van der Waals surface area (Å²) in [6.45, 7) is 0. The zero-order valence-electron chi connectivity index (χ0n) is 25.0. The summed E-state index contributed by atoms with van der Waals surface area (Å²) in [5.74, 6) is 1.31. The monoisotopic (exact) mass is 574 g/mol. The summed E-state index contributed by atoms with van der Waals surface area (Å²) < 4.78 is 4.29. The van der Waals surface area contributed by atoms with E-state index < -0.39 is 0 Å². The van der Waals surface area contributed by atoms with Crippen molar-refractivity contribution in [3.8, 4) is 23.0 Å². The van der Waals surface area contributed by atoms with E-state index in [1.807, 2.05) is 62.8 Å². The fourth-order valence-corrected chi connectivity index (χ4v) is 6.06. The number of hydrogen-bond donors (Lipinski definition) is 0. The Bertz CT molecular complexity index is 2160. The second-order valence-electron chi connectivity index (χ2n) is 11.4. The summed E-state index contributed by atoms with van der Waals surface area (Å²) in [4.78, 5) is 22.9. The third-order valence-electron chi connectivity index (χ3n) is 8.36. The van der Waals surface area contributed by atoms with Crippen molar-refractivity contribution in [2.75, 3.05) is 38.0 Å². The van der Waals surface area contributed by atoms with E-state index in [1.54, 1.807) is 0 Å². The Hall–Kier alpha value is -5.76. The molecule has 8 aromatic rings. The first-order valence-corrected chi connectivity index (χ1v) is 14.5. The predicted molar refractivity (Wildman–Crippen MR) is 180 cm³/mol. The van der Waals surface area contributed by atoms with Gasteiger partial charge in [0.1, 0.15) is 0 Å². The summed E-state index contributed by atoms with van der Waals surface area (Å²) in [6, 6.07) is 30.2. The molecule has 8 heteroatoms.